The zero-order valence-electron chi connectivity index (χ0n) is 11.3. The van der Waals surface area contributed by atoms with Crippen molar-refractivity contribution >= 4 is 17.5 Å². The van der Waals surface area contributed by atoms with Gasteiger partial charge < -0.3 is 4.90 Å². The Kier molecular flexibility index (Phi) is 4.63. The number of aromatic nitrogens is 3. The molecule has 0 fully saturated rings. The molecule has 5 nitrogen and oxygen atoms in total. The van der Waals surface area contributed by atoms with Crippen molar-refractivity contribution in [3.63, 3.8) is 0 Å². The van der Waals surface area contributed by atoms with Crippen LogP contribution < -0.4 is 0 Å². The highest BCUT2D eigenvalue weighted by Crippen LogP contribution is 2.12. The lowest BCUT2D eigenvalue weighted by Gasteiger charge is -2.26. The predicted molar refractivity (Wildman–Crippen MR) is 76.3 cm³/mol. The van der Waals surface area contributed by atoms with Crippen molar-refractivity contribution in [2.75, 3.05) is 0 Å². The fourth-order valence-electron chi connectivity index (χ4n) is 1.75. The molecule has 0 aromatic carbocycles. The minimum absolute atomic E-state index is 0.0188. The Bertz CT molecular complexity index is 589. The summed E-state index contributed by atoms with van der Waals surface area (Å²) in [5, 5.41) is 0.206. The molecule has 2 heterocycles. The number of amides is 1. The summed E-state index contributed by atoms with van der Waals surface area (Å²) in [6.45, 7) is 4.31. The van der Waals surface area contributed by atoms with Crippen LogP contribution in [0.15, 0.2) is 36.8 Å². The Hall–Kier alpha value is -2.01. The molecule has 0 aliphatic carbocycles. The molecule has 0 spiro atoms. The first-order chi connectivity index (χ1) is 9.58. The van der Waals surface area contributed by atoms with Gasteiger partial charge in [-0.1, -0.05) is 17.7 Å². The fourth-order valence-corrected chi connectivity index (χ4v) is 1.89. The van der Waals surface area contributed by atoms with Crippen LogP contribution >= 0.6 is 11.6 Å². The molecule has 2 aromatic heterocycles. The molecule has 0 N–H and O–H groups in total. The zero-order chi connectivity index (χ0) is 14.5. The van der Waals surface area contributed by atoms with Crippen LogP contribution in [0.2, 0.25) is 5.15 Å². The minimum Gasteiger partial charge on any atom is -0.329 e. The first kappa shape index (κ1) is 14.4. The van der Waals surface area contributed by atoms with Gasteiger partial charge in [0.2, 0.25) is 0 Å². The molecule has 0 unspecified atom stereocenters. The molecular weight excluding hydrogens is 276 g/mol. The van der Waals surface area contributed by atoms with Gasteiger partial charge in [-0.3, -0.25) is 14.8 Å². The molecule has 104 valence electrons. The quantitative estimate of drug-likeness (QED) is 0.868. The molecule has 0 bridgehead atoms. The van der Waals surface area contributed by atoms with Crippen molar-refractivity contribution in [3.05, 3.63) is 53.3 Å². The second kappa shape index (κ2) is 6.43. The molecule has 20 heavy (non-hydrogen) atoms. The van der Waals surface area contributed by atoms with E-state index in [0.29, 0.717) is 6.54 Å². The van der Waals surface area contributed by atoms with Crippen molar-refractivity contribution < 1.29 is 4.79 Å². The minimum atomic E-state index is -0.208. The van der Waals surface area contributed by atoms with Gasteiger partial charge in [0, 0.05) is 12.2 Å². The topological polar surface area (TPSA) is 59.0 Å². The normalized spacial score (nSPS) is 10.6. The lowest BCUT2D eigenvalue weighted by atomic mass is 10.2. The monoisotopic (exact) mass is 290 g/mol. The van der Waals surface area contributed by atoms with E-state index in [-0.39, 0.29) is 22.8 Å². The summed E-state index contributed by atoms with van der Waals surface area (Å²) in [4.78, 5) is 26.3. The SMILES string of the molecule is CC(C)N(Cc1ccccn1)C(=O)c1cncc(Cl)n1. The van der Waals surface area contributed by atoms with E-state index in [1.165, 1.54) is 12.4 Å². The maximum atomic E-state index is 12.5. The van der Waals surface area contributed by atoms with Crippen LogP contribution in [0.3, 0.4) is 0 Å². The Balaban J connectivity index is 2.23. The van der Waals surface area contributed by atoms with Crippen LogP contribution in [0.5, 0.6) is 0 Å². The Morgan fingerprint density at radius 1 is 1.35 bits per heavy atom. The van der Waals surface area contributed by atoms with Crippen LogP contribution in [-0.4, -0.2) is 31.8 Å². The van der Waals surface area contributed by atoms with Crippen LogP contribution in [0.25, 0.3) is 0 Å². The van der Waals surface area contributed by atoms with E-state index in [1.54, 1.807) is 11.1 Å². The van der Waals surface area contributed by atoms with Gasteiger partial charge in [-0.05, 0) is 26.0 Å². The van der Waals surface area contributed by atoms with Gasteiger partial charge in [0.05, 0.1) is 24.6 Å². The van der Waals surface area contributed by atoms with Crippen LogP contribution in [-0.2, 0) is 6.54 Å². The van der Waals surface area contributed by atoms with E-state index in [0.717, 1.165) is 5.69 Å². The smallest absolute Gasteiger partial charge is 0.274 e. The summed E-state index contributed by atoms with van der Waals surface area (Å²) in [6, 6.07) is 5.63. The summed E-state index contributed by atoms with van der Waals surface area (Å²) < 4.78 is 0. The first-order valence-corrected chi connectivity index (χ1v) is 6.64. The Labute approximate surface area is 122 Å². The van der Waals surface area contributed by atoms with E-state index in [2.05, 4.69) is 15.0 Å². The molecular formula is C14H15ClN4O. The summed E-state index contributed by atoms with van der Waals surface area (Å²) in [6.07, 6.45) is 4.52. The summed E-state index contributed by atoms with van der Waals surface area (Å²) in [5.74, 6) is -0.208. The van der Waals surface area contributed by atoms with E-state index in [9.17, 15) is 4.79 Å². The van der Waals surface area contributed by atoms with Gasteiger partial charge >= 0.3 is 0 Å². The Morgan fingerprint density at radius 2 is 2.15 bits per heavy atom. The second-order valence-corrected chi connectivity index (χ2v) is 4.96. The number of hydrogen-bond acceptors (Lipinski definition) is 4. The van der Waals surface area contributed by atoms with Crippen LogP contribution in [0.4, 0.5) is 0 Å². The second-order valence-electron chi connectivity index (χ2n) is 4.57. The summed E-state index contributed by atoms with van der Waals surface area (Å²) >= 11 is 5.78. The number of nitrogens with zero attached hydrogens (tertiary/aromatic N) is 4. The largest absolute Gasteiger partial charge is 0.329 e. The highest BCUT2D eigenvalue weighted by molar-refractivity contribution is 6.29. The van der Waals surface area contributed by atoms with Gasteiger partial charge in [0.25, 0.3) is 5.91 Å². The zero-order valence-corrected chi connectivity index (χ0v) is 12.1. The maximum absolute atomic E-state index is 12.5. The predicted octanol–water partition coefficient (Wildman–Crippen LogP) is 2.58. The molecule has 2 rings (SSSR count). The third kappa shape index (κ3) is 3.51. The molecule has 0 radical (unpaired) electrons. The van der Waals surface area contributed by atoms with Gasteiger partial charge in [-0.25, -0.2) is 4.98 Å². The van der Waals surface area contributed by atoms with Gasteiger partial charge in [-0.2, -0.15) is 0 Å². The molecule has 6 heteroatoms. The van der Waals surface area contributed by atoms with E-state index in [4.69, 9.17) is 11.6 Å². The lowest BCUT2D eigenvalue weighted by Crippen LogP contribution is -2.37. The van der Waals surface area contributed by atoms with E-state index < -0.39 is 0 Å². The highest BCUT2D eigenvalue weighted by Gasteiger charge is 2.21. The fraction of sp³-hybridized carbons (Fsp3) is 0.286. The first-order valence-electron chi connectivity index (χ1n) is 6.26. The standard InChI is InChI=1S/C14H15ClN4O/c1-10(2)19(9-11-5-3-4-6-17-11)14(20)12-7-16-8-13(15)18-12/h3-8,10H,9H2,1-2H3. The van der Waals surface area contributed by atoms with Crippen LogP contribution in [0.1, 0.15) is 30.0 Å². The van der Waals surface area contributed by atoms with Crippen molar-refractivity contribution in [1.29, 1.82) is 0 Å². The Morgan fingerprint density at radius 3 is 2.75 bits per heavy atom. The number of rotatable bonds is 4. The number of carbonyl (C=O) groups is 1. The average molecular weight is 291 g/mol. The van der Waals surface area contributed by atoms with Gasteiger partial charge in [0.1, 0.15) is 10.8 Å². The molecule has 0 aliphatic heterocycles. The molecule has 2 aromatic rings. The molecule has 0 aliphatic rings. The van der Waals surface area contributed by atoms with Crippen molar-refractivity contribution in [2.24, 2.45) is 0 Å². The van der Waals surface area contributed by atoms with Crippen molar-refractivity contribution in [3.8, 4) is 0 Å². The van der Waals surface area contributed by atoms with Crippen LogP contribution in [0, 0.1) is 0 Å². The summed E-state index contributed by atoms with van der Waals surface area (Å²) in [5.41, 5.74) is 1.06. The molecule has 0 atom stereocenters. The molecule has 0 saturated heterocycles. The lowest BCUT2D eigenvalue weighted by molar-refractivity contribution is 0.0681. The average Bonchev–Trinajstić information content (AvgIpc) is 2.45. The number of carbonyl (C=O) groups excluding carboxylic acids is 1. The van der Waals surface area contributed by atoms with Gasteiger partial charge in [0.15, 0.2) is 0 Å². The maximum Gasteiger partial charge on any atom is 0.274 e. The number of hydrogen-bond donors (Lipinski definition) is 0. The van der Waals surface area contributed by atoms with Crippen molar-refractivity contribution in [1.82, 2.24) is 19.9 Å². The number of pyridine rings is 1. The van der Waals surface area contributed by atoms with Crippen molar-refractivity contribution in [2.45, 2.75) is 26.4 Å². The molecule has 0 saturated carbocycles. The third-order valence-corrected chi connectivity index (χ3v) is 2.95. The third-order valence-electron chi connectivity index (χ3n) is 2.77. The van der Waals surface area contributed by atoms with Gasteiger partial charge in [-0.15, -0.1) is 0 Å². The van der Waals surface area contributed by atoms with E-state index >= 15 is 0 Å². The van der Waals surface area contributed by atoms with E-state index in [1.807, 2.05) is 32.0 Å². The summed E-state index contributed by atoms with van der Waals surface area (Å²) in [7, 11) is 0. The highest BCUT2D eigenvalue weighted by atomic mass is 35.5. The molecule has 1 amide bonds. The number of halogens is 1.